The normalized spacial score (nSPS) is 12.2. The van der Waals surface area contributed by atoms with Crippen molar-refractivity contribution in [2.24, 2.45) is 0 Å². The SMILES string of the molecule is CC(C)(C)c1ccc2ncc(-c3nn[nH]n3)n2c1. The fourth-order valence-electron chi connectivity index (χ4n) is 1.86. The van der Waals surface area contributed by atoms with Gasteiger partial charge in [0.15, 0.2) is 0 Å². The van der Waals surface area contributed by atoms with Gasteiger partial charge in [-0.1, -0.05) is 26.8 Å². The summed E-state index contributed by atoms with van der Waals surface area (Å²) in [4.78, 5) is 4.34. The second-order valence-corrected chi connectivity index (χ2v) is 5.27. The Kier molecular flexibility index (Phi) is 2.19. The molecule has 3 aromatic heterocycles. The molecule has 92 valence electrons. The summed E-state index contributed by atoms with van der Waals surface area (Å²) < 4.78 is 1.99. The van der Waals surface area contributed by atoms with E-state index in [4.69, 9.17) is 0 Å². The standard InChI is InChI=1S/C12H14N6/c1-12(2,3)8-4-5-10-13-6-9(18(10)7-8)11-14-16-17-15-11/h4-7H,1-3H3,(H,14,15,16,17). The molecule has 0 aliphatic heterocycles. The number of aromatic amines is 1. The summed E-state index contributed by atoms with van der Waals surface area (Å²) in [6.45, 7) is 6.54. The number of fused-ring (bicyclic) bond motifs is 1. The van der Waals surface area contributed by atoms with E-state index in [1.54, 1.807) is 6.20 Å². The van der Waals surface area contributed by atoms with Crippen molar-refractivity contribution in [3.63, 3.8) is 0 Å². The smallest absolute Gasteiger partial charge is 0.222 e. The second-order valence-electron chi connectivity index (χ2n) is 5.27. The Morgan fingerprint density at radius 1 is 1.22 bits per heavy atom. The summed E-state index contributed by atoms with van der Waals surface area (Å²) >= 11 is 0. The molecule has 0 unspecified atom stereocenters. The highest BCUT2D eigenvalue weighted by atomic mass is 15.5. The van der Waals surface area contributed by atoms with Gasteiger partial charge in [0, 0.05) is 6.20 Å². The zero-order valence-corrected chi connectivity index (χ0v) is 10.5. The van der Waals surface area contributed by atoms with E-state index in [1.165, 1.54) is 5.56 Å². The van der Waals surface area contributed by atoms with Crippen LogP contribution in [0.5, 0.6) is 0 Å². The Bertz CT molecular complexity index is 674. The monoisotopic (exact) mass is 242 g/mol. The summed E-state index contributed by atoms with van der Waals surface area (Å²) in [7, 11) is 0. The summed E-state index contributed by atoms with van der Waals surface area (Å²) in [5, 5.41) is 14.0. The van der Waals surface area contributed by atoms with Crippen LogP contribution in [-0.2, 0) is 5.41 Å². The Labute approximate surface area is 104 Å². The Hall–Kier alpha value is -2.24. The third kappa shape index (κ3) is 1.66. The first-order valence-electron chi connectivity index (χ1n) is 5.77. The van der Waals surface area contributed by atoms with Gasteiger partial charge in [0.1, 0.15) is 11.3 Å². The number of nitrogens with zero attached hydrogens (tertiary/aromatic N) is 5. The Morgan fingerprint density at radius 3 is 2.72 bits per heavy atom. The number of rotatable bonds is 1. The van der Waals surface area contributed by atoms with E-state index >= 15 is 0 Å². The lowest BCUT2D eigenvalue weighted by molar-refractivity contribution is 0.586. The summed E-state index contributed by atoms with van der Waals surface area (Å²) in [6.07, 6.45) is 3.83. The first kappa shape index (κ1) is 10.9. The van der Waals surface area contributed by atoms with Crippen LogP contribution in [0.4, 0.5) is 0 Å². The van der Waals surface area contributed by atoms with Crippen LogP contribution in [0.15, 0.2) is 24.5 Å². The maximum Gasteiger partial charge on any atom is 0.222 e. The minimum absolute atomic E-state index is 0.0903. The van der Waals surface area contributed by atoms with E-state index < -0.39 is 0 Å². The van der Waals surface area contributed by atoms with Crippen LogP contribution in [0.25, 0.3) is 17.2 Å². The molecule has 1 N–H and O–H groups in total. The molecule has 0 bridgehead atoms. The van der Waals surface area contributed by atoms with Crippen LogP contribution < -0.4 is 0 Å². The summed E-state index contributed by atoms with van der Waals surface area (Å²) in [5.41, 5.74) is 3.04. The largest absolute Gasteiger partial charge is 0.296 e. The molecule has 0 amide bonds. The summed E-state index contributed by atoms with van der Waals surface area (Å²) in [5.74, 6) is 0.550. The fourth-order valence-corrected chi connectivity index (χ4v) is 1.86. The molecule has 0 radical (unpaired) electrons. The first-order valence-corrected chi connectivity index (χ1v) is 5.77. The predicted octanol–water partition coefficient (Wildman–Crippen LogP) is 1.81. The van der Waals surface area contributed by atoms with Crippen LogP contribution in [0.3, 0.4) is 0 Å². The minimum atomic E-state index is 0.0903. The van der Waals surface area contributed by atoms with Crippen LogP contribution in [-0.4, -0.2) is 30.0 Å². The van der Waals surface area contributed by atoms with Crippen molar-refractivity contribution >= 4 is 5.65 Å². The van der Waals surface area contributed by atoms with Crippen molar-refractivity contribution in [2.45, 2.75) is 26.2 Å². The zero-order chi connectivity index (χ0) is 12.8. The quantitative estimate of drug-likeness (QED) is 0.706. The van der Waals surface area contributed by atoms with E-state index in [1.807, 2.05) is 10.5 Å². The second kappa shape index (κ2) is 3.63. The van der Waals surface area contributed by atoms with Crippen molar-refractivity contribution in [1.29, 1.82) is 0 Å². The number of tetrazole rings is 1. The molecule has 0 fully saturated rings. The Balaban J connectivity index is 2.23. The van der Waals surface area contributed by atoms with Gasteiger partial charge in [0.25, 0.3) is 0 Å². The molecule has 3 rings (SSSR count). The average molecular weight is 242 g/mol. The number of hydrogen-bond donors (Lipinski definition) is 1. The maximum atomic E-state index is 4.34. The molecule has 6 nitrogen and oxygen atoms in total. The highest BCUT2D eigenvalue weighted by Gasteiger charge is 2.16. The lowest BCUT2D eigenvalue weighted by atomic mass is 9.88. The number of hydrogen-bond acceptors (Lipinski definition) is 4. The number of pyridine rings is 1. The zero-order valence-electron chi connectivity index (χ0n) is 10.5. The molecule has 0 aliphatic rings. The number of H-pyrrole nitrogens is 1. The molecule has 0 aromatic carbocycles. The van der Waals surface area contributed by atoms with Gasteiger partial charge in [-0.15, -0.1) is 10.2 Å². The van der Waals surface area contributed by atoms with Crippen LogP contribution in [0, 0.1) is 0 Å². The first-order chi connectivity index (χ1) is 8.55. The highest BCUT2D eigenvalue weighted by molar-refractivity contribution is 5.56. The molecular weight excluding hydrogens is 228 g/mol. The third-order valence-electron chi connectivity index (χ3n) is 2.95. The van der Waals surface area contributed by atoms with Gasteiger partial charge in [-0.2, -0.15) is 5.21 Å². The van der Waals surface area contributed by atoms with E-state index in [0.717, 1.165) is 11.3 Å². The molecule has 0 atom stereocenters. The molecule has 0 saturated heterocycles. The fraction of sp³-hybridized carbons (Fsp3) is 0.333. The van der Waals surface area contributed by atoms with Crippen molar-refractivity contribution in [3.8, 4) is 11.5 Å². The molecule has 3 aromatic rings. The van der Waals surface area contributed by atoms with Gasteiger partial charge in [0.2, 0.25) is 5.82 Å². The lowest BCUT2D eigenvalue weighted by Crippen LogP contribution is -2.12. The van der Waals surface area contributed by atoms with Crippen molar-refractivity contribution in [2.75, 3.05) is 0 Å². The average Bonchev–Trinajstić information content (AvgIpc) is 2.95. The van der Waals surface area contributed by atoms with E-state index in [9.17, 15) is 0 Å². The molecule has 0 spiro atoms. The van der Waals surface area contributed by atoms with Gasteiger partial charge in [-0.25, -0.2) is 4.98 Å². The van der Waals surface area contributed by atoms with Crippen LogP contribution in [0.2, 0.25) is 0 Å². The van der Waals surface area contributed by atoms with E-state index in [-0.39, 0.29) is 5.41 Å². The van der Waals surface area contributed by atoms with Gasteiger partial charge < -0.3 is 0 Å². The van der Waals surface area contributed by atoms with Gasteiger partial charge in [0.05, 0.1) is 6.20 Å². The van der Waals surface area contributed by atoms with E-state index in [2.05, 4.69) is 58.6 Å². The molecule has 18 heavy (non-hydrogen) atoms. The third-order valence-corrected chi connectivity index (χ3v) is 2.95. The molecule has 0 saturated carbocycles. The van der Waals surface area contributed by atoms with Crippen LogP contribution >= 0.6 is 0 Å². The van der Waals surface area contributed by atoms with Gasteiger partial charge in [-0.3, -0.25) is 4.40 Å². The van der Waals surface area contributed by atoms with Gasteiger partial charge in [-0.05, 0) is 22.3 Å². The molecular formula is C12H14N6. The summed E-state index contributed by atoms with van der Waals surface area (Å²) in [6, 6.07) is 4.10. The molecule has 0 aliphatic carbocycles. The maximum absolute atomic E-state index is 4.34. The van der Waals surface area contributed by atoms with Crippen molar-refractivity contribution < 1.29 is 0 Å². The van der Waals surface area contributed by atoms with Crippen molar-refractivity contribution in [1.82, 2.24) is 30.0 Å². The van der Waals surface area contributed by atoms with Crippen molar-refractivity contribution in [3.05, 3.63) is 30.1 Å². The molecule has 6 heteroatoms. The number of nitrogens with one attached hydrogen (secondary N) is 1. The van der Waals surface area contributed by atoms with Crippen LogP contribution in [0.1, 0.15) is 26.3 Å². The number of aromatic nitrogens is 6. The lowest BCUT2D eigenvalue weighted by Gasteiger charge is -2.19. The highest BCUT2D eigenvalue weighted by Crippen LogP contribution is 2.24. The van der Waals surface area contributed by atoms with E-state index in [0.29, 0.717) is 5.82 Å². The Morgan fingerprint density at radius 2 is 2.06 bits per heavy atom. The van der Waals surface area contributed by atoms with Gasteiger partial charge >= 0.3 is 0 Å². The predicted molar refractivity (Wildman–Crippen MR) is 67.1 cm³/mol. The number of imidazole rings is 1. The topological polar surface area (TPSA) is 71.8 Å². The molecule has 3 heterocycles. The minimum Gasteiger partial charge on any atom is -0.296 e.